The van der Waals surface area contributed by atoms with E-state index < -0.39 is 28.5 Å². The molecule has 0 saturated carbocycles. The average molecular weight is 607 g/mol. The lowest BCUT2D eigenvalue weighted by atomic mass is 10.1. The van der Waals surface area contributed by atoms with Crippen LogP contribution >= 0.6 is 23.2 Å². The van der Waals surface area contributed by atoms with Crippen molar-refractivity contribution >= 4 is 50.7 Å². The van der Waals surface area contributed by atoms with Crippen LogP contribution in [0.25, 0.3) is 0 Å². The van der Waals surface area contributed by atoms with E-state index in [-0.39, 0.29) is 29.1 Å². The fourth-order valence-corrected chi connectivity index (χ4v) is 5.84. The summed E-state index contributed by atoms with van der Waals surface area (Å²) in [6.07, 6.45) is 0.321. The maximum Gasteiger partial charge on any atom is 0.264 e. The average Bonchev–Trinajstić information content (AvgIpc) is 2.91. The number of methoxy groups -OCH3 is 1. The lowest BCUT2D eigenvalue weighted by Gasteiger charge is -2.33. The molecule has 0 unspecified atom stereocenters. The fourth-order valence-electron chi connectivity index (χ4n) is 4.12. The molecule has 0 saturated heterocycles. The Morgan fingerprint density at radius 3 is 2.15 bits per heavy atom. The molecule has 1 N–H and O–H groups in total. The van der Waals surface area contributed by atoms with Gasteiger partial charge < -0.3 is 15.0 Å². The van der Waals surface area contributed by atoms with E-state index in [9.17, 15) is 18.0 Å². The lowest BCUT2D eigenvalue weighted by Crippen LogP contribution is -2.53. The van der Waals surface area contributed by atoms with Crippen LogP contribution in [-0.2, 0) is 26.2 Å². The third kappa shape index (κ3) is 7.90. The van der Waals surface area contributed by atoms with Crippen molar-refractivity contribution in [3.63, 3.8) is 0 Å². The summed E-state index contributed by atoms with van der Waals surface area (Å²) in [5.74, 6) is -0.235. The van der Waals surface area contributed by atoms with Gasteiger partial charge in [-0.05, 0) is 80.4 Å². The minimum Gasteiger partial charge on any atom is -0.497 e. The van der Waals surface area contributed by atoms with Crippen molar-refractivity contribution in [2.45, 2.75) is 50.7 Å². The van der Waals surface area contributed by atoms with Crippen molar-refractivity contribution in [2.24, 2.45) is 0 Å². The maximum absolute atomic E-state index is 14.0. The number of carbonyl (C=O) groups is 2. The van der Waals surface area contributed by atoms with Gasteiger partial charge >= 0.3 is 0 Å². The molecule has 3 rings (SSSR count). The Bertz CT molecular complexity index is 1410. The number of ether oxygens (including phenoxy) is 1. The molecule has 0 aliphatic carbocycles. The molecule has 0 aliphatic heterocycles. The minimum atomic E-state index is -4.22. The number of nitrogens with one attached hydrogen (secondary N) is 1. The molecule has 1 atom stereocenters. The molecule has 2 amide bonds. The van der Waals surface area contributed by atoms with Crippen molar-refractivity contribution in [3.05, 3.63) is 88.4 Å². The number of carbonyl (C=O) groups excluding carboxylic acids is 2. The van der Waals surface area contributed by atoms with Gasteiger partial charge in [-0.3, -0.25) is 13.9 Å². The standard InChI is InChI=1S/C29H33Cl2N3O5S/c1-5-27(29(36)32-20(2)3)33(18-21-9-13-25(39-4)14-10-21)28(35)19-34(24-8-6-7-23(31)17-24)40(37,38)26-15-11-22(30)12-16-26/h6-17,20,27H,5,18-19H2,1-4H3,(H,32,36)/t27-/m0/s1. The van der Waals surface area contributed by atoms with Gasteiger partial charge in [0.1, 0.15) is 18.3 Å². The predicted octanol–water partition coefficient (Wildman–Crippen LogP) is 5.53. The van der Waals surface area contributed by atoms with Crippen molar-refractivity contribution in [3.8, 4) is 5.75 Å². The van der Waals surface area contributed by atoms with Gasteiger partial charge in [0.2, 0.25) is 11.8 Å². The molecule has 0 aliphatic rings. The summed E-state index contributed by atoms with van der Waals surface area (Å²) in [6, 6.07) is 18.1. The normalized spacial score (nSPS) is 12.1. The summed E-state index contributed by atoms with van der Waals surface area (Å²) in [4.78, 5) is 28.6. The highest BCUT2D eigenvalue weighted by Gasteiger charge is 2.34. The minimum absolute atomic E-state index is 0.0454. The molecular formula is C29H33Cl2N3O5S. The highest BCUT2D eigenvalue weighted by Crippen LogP contribution is 2.28. The van der Waals surface area contributed by atoms with Gasteiger partial charge in [-0.2, -0.15) is 0 Å². The second-order valence-corrected chi connectivity index (χ2v) is 12.1. The summed E-state index contributed by atoms with van der Waals surface area (Å²) < 4.78 is 33.9. The molecule has 40 heavy (non-hydrogen) atoms. The van der Waals surface area contributed by atoms with Gasteiger partial charge in [0, 0.05) is 22.6 Å². The van der Waals surface area contributed by atoms with E-state index >= 15 is 0 Å². The van der Waals surface area contributed by atoms with Crippen LogP contribution in [-0.4, -0.2) is 50.9 Å². The van der Waals surface area contributed by atoms with Crippen LogP contribution in [0, 0.1) is 0 Å². The van der Waals surface area contributed by atoms with E-state index in [0.29, 0.717) is 22.2 Å². The quantitative estimate of drug-likeness (QED) is 0.293. The van der Waals surface area contributed by atoms with Crippen LogP contribution in [0.3, 0.4) is 0 Å². The first-order valence-corrected chi connectivity index (χ1v) is 14.9. The van der Waals surface area contributed by atoms with Gasteiger partial charge in [0.25, 0.3) is 10.0 Å². The number of amides is 2. The number of anilines is 1. The fraction of sp³-hybridized carbons (Fsp3) is 0.310. The molecule has 0 bridgehead atoms. The van der Waals surface area contributed by atoms with Gasteiger partial charge in [0.15, 0.2) is 0 Å². The SMILES string of the molecule is CC[C@@H](C(=O)NC(C)C)N(Cc1ccc(OC)cc1)C(=O)CN(c1cccc(Cl)c1)S(=O)(=O)c1ccc(Cl)cc1. The Morgan fingerprint density at radius 1 is 0.950 bits per heavy atom. The van der Waals surface area contributed by atoms with Gasteiger partial charge in [0.05, 0.1) is 17.7 Å². The molecule has 0 radical (unpaired) electrons. The Hall–Kier alpha value is -3.27. The largest absolute Gasteiger partial charge is 0.497 e. The Morgan fingerprint density at radius 2 is 1.60 bits per heavy atom. The predicted molar refractivity (Wildman–Crippen MR) is 158 cm³/mol. The number of benzene rings is 3. The van der Waals surface area contributed by atoms with Crippen molar-refractivity contribution in [2.75, 3.05) is 18.0 Å². The van der Waals surface area contributed by atoms with Crippen LogP contribution in [0.5, 0.6) is 5.75 Å². The number of rotatable bonds is 12. The third-order valence-corrected chi connectivity index (χ3v) is 8.38. The lowest BCUT2D eigenvalue weighted by molar-refractivity contribution is -0.140. The molecule has 3 aromatic carbocycles. The first-order valence-electron chi connectivity index (χ1n) is 12.7. The number of hydrogen-bond acceptors (Lipinski definition) is 5. The number of nitrogens with zero attached hydrogens (tertiary/aromatic N) is 2. The molecule has 0 heterocycles. The van der Waals surface area contributed by atoms with Crippen LogP contribution in [0.15, 0.2) is 77.7 Å². The summed E-state index contributed by atoms with van der Waals surface area (Å²) in [5, 5.41) is 3.55. The molecular weight excluding hydrogens is 573 g/mol. The van der Waals surface area contributed by atoms with Crippen LogP contribution in [0.1, 0.15) is 32.8 Å². The first-order chi connectivity index (χ1) is 19.0. The summed E-state index contributed by atoms with van der Waals surface area (Å²) in [5.41, 5.74) is 0.958. The van der Waals surface area contributed by atoms with Crippen LogP contribution < -0.4 is 14.4 Å². The Balaban J connectivity index is 2.06. The highest BCUT2D eigenvalue weighted by molar-refractivity contribution is 7.92. The molecule has 0 spiro atoms. The zero-order valence-corrected chi connectivity index (χ0v) is 25.1. The molecule has 0 fully saturated rings. The van der Waals surface area contributed by atoms with E-state index in [1.165, 1.54) is 35.2 Å². The van der Waals surface area contributed by atoms with E-state index in [0.717, 1.165) is 9.87 Å². The van der Waals surface area contributed by atoms with E-state index in [1.54, 1.807) is 56.5 Å². The molecule has 11 heteroatoms. The molecule has 8 nitrogen and oxygen atoms in total. The van der Waals surface area contributed by atoms with Gasteiger partial charge in [-0.25, -0.2) is 8.42 Å². The zero-order chi connectivity index (χ0) is 29.4. The summed E-state index contributed by atoms with van der Waals surface area (Å²) in [6.45, 7) is 4.99. The summed E-state index contributed by atoms with van der Waals surface area (Å²) in [7, 11) is -2.66. The molecule has 3 aromatic rings. The Kier molecular flexibility index (Phi) is 10.8. The van der Waals surface area contributed by atoms with Crippen LogP contribution in [0.4, 0.5) is 5.69 Å². The number of hydrogen-bond donors (Lipinski definition) is 1. The second kappa shape index (κ2) is 13.9. The van der Waals surface area contributed by atoms with E-state index in [2.05, 4.69) is 5.32 Å². The van der Waals surface area contributed by atoms with Gasteiger partial charge in [-0.15, -0.1) is 0 Å². The zero-order valence-electron chi connectivity index (χ0n) is 22.8. The van der Waals surface area contributed by atoms with Crippen molar-refractivity contribution in [1.82, 2.24) is 10.2 Å². The van der Waals surface area contributed by atoms with E-state index in [4.69, 9.17) is 27.9 Å². The van der Waals surface area contributed by atoms with E-state index in [1.807, 2.05) is 13.8 Å². The molecule has 0 aromatic heterocycles. The Labute approximate surface area is 245 Å². The van der Waals surface area contributed by atoms with Crippen molar-refractivity contribution in [1.29, 1.82) is 0 Å². The molecule has 214 valence electrons. The topological polar surface area (TPSA) is 96.0 Å². The van der Waals surface area contributed by atoms with Crippen molar-refractivity contribution < 1.29 is 22.7 Å². The monoisotopic (exact) mass is 605 g/mol. The highest BCUT2D eigenvalue weighted by atomic mass is 35.5. The third-order valence-electron chi connectivity index (χ3n) is 6.11. The first kappa shape index (κ1) is 31.3. The maximum atomic E-state index is 14.0. The smallest absolute Gasteiger partial charge is 0.264 e. The van der Waals surface area contributed by atoms with Crippen LogP contribution in [0.2, 0.25) is 10.0 Å². The number of sulfonamides is 1. The van der Waals surface area contributed by atoms with Gasteiger partial charge in [-0.1, -0.05) is 48.3 Å². The number of halogens is 2. The summed E-state index contributed by atoms with van der Waals surface area (Å²) >= 11 is 12.2. The second-order valence-electron chi connectivity index (χ2n) is 9.40.